The number of unbranched alkanes of at least 4 members (excludes halogenated alkanes) is 9. The molecule has 0 amide bonds. The Morgan fingerprint density at radius 3 is 1.88 bits per heavy atom. The predicted molar refractivity (Wildman–Crippen MR) is 97.4 cm³/mol. The van der Waals surface area contributed by atoms with Crippen LogP contribution in [-0.2, 0) is 13.7 Å². The SMILES string of the molecule is CCCCCCCCCCCC[N+](C)(C)OP(=O)(O)OCC(C)O. The van der Waals surface area contributed by atoms with Gasteiger partial charge in [-0.15, -0.1) is 0 Å². The maximum absolute atomic E-state index is 11.8. The van der Waals surface area contributed by atoms with E-state index in [-0.39, 0.29) is 11.3 Å². The number of hydroxylamine groups is 3. The maximum Gasteiger partial charge on any atom is 0.518 e. The Labute approximate surface area is 148 Å². The van der Waals surface area contributed by atoms with Crippen LogP contribution in [0.4, 0.5) is 0 Å². The zero-order valence-electron chi connectivity index (χ0n) is 16.1. The third-order valence-electron chi connectivity index (χ3n) is 3.85. The molecule has 0 rings (SSSR count). The minimum Gasteiger partial charge on any atom is -0.391 e. The van der Waals surface area contributed by atoms with Gasteiger partial charge >= 0.3 is 7.82 Å². The van der Waals surface area contributed by atoms with Crippen molar-refractivity contribution in [3.8, 4) is 0 Å². The first-order valence-electron chi connectivity index (χ1n) is 9.38. The second kappa shape index (κ2) is 13.3. The Kier molecular flexibility index (Phi) is 13.3. The van der Waals surface area contributed by atoms with Crippen molar-refractivity contribution in [1.82, 2.24) is 0 Å². The molecule has 6 nitrogen and oxygen atoms in total. The summed E-state index contributed by atoms with van der Waals surface area (Å²) < 4.78 is 21.7. The quantitative estimate of drug-likeness (QED) is 0.183. The Morgan fingerprint density at radius 2 is 1.42 bits per heavy atom. The molecule has 24 heavy (non-hydrogen) atoms. The topological polar surface area (TPSA) is 76.0 Å². The predicted octanol–water partition coefficient (Wildman–Crippen LogP) is 4.41. The van der Waals surface area contributed by atoms with E-state index in [0.717, 1.165) is 12.8 Å². The molecule has 0 aromatic rings. The van der Waals surface area contributed by atoms with Gasteiger partial charge in [0.15, 0.2) is 0 Å². The van der Waals surface area contributed by atoms with Crippen molar-refractivity contribution in [3.63, 3.8) is 0 Å². The van der Waals surface area contributed by atoms with Crippen molar-refractivity contribution < 1.29 is 28.4 Å². The monoisotopic (exact) mass is 368 g/mol. The lowest BCUT2D eigenvalue weighted by Gasteiger charge is -2.27. The van der Waals surface area contributed by atoms with Gasteiger partial charge in [0.05, 0.1) is 26.8 Å². The fraction of sp³-hybridized carbons (Fsp3) is 1.00. The fourth-order valence-corrected chi connectivity index (χ4v) is 3.62. The van der Waals surface area contributed by atoms with Gasteiger partial charge in [-0.1, -0.05) is 62.9 Å². The van der Waals surface area contributed by atoms with Gasteiger partial charge < -0.3 is 5.11 Å². The highest BCUT2D eigenvalue weighted by molar-refractivity contribution is 7.47. The highest BCUT2D eigenvalue weighted by atomic mass is 31.2. The molecule has 2 atom stereocenters. The van der Waals surface area contributed by atoms with Gasteiger partial charge in [0.2, 0.25) is 0 Å². The molecule has 0 bridgehead atoms. The molecular weight excluding hydrogens is 329 g/mol. The second-order valence-electron chi connectivity index (χ2n) is 7.17. The van der Waals surface area contributed by atoms with Crippen LogP contribution in [-0.4, -0.2) is 48.0 Å². The van der Waals surface area contributed by atoms with Crippen LogP contribution in [0.3, 0.4) is 0 Å². The fourth-order valence-electron chi connectivity index (χ4n) is 2.53. The van der Waals surface area contributed by atoms with Crippen molar-refractivity contribution in [2.75, 3.05) is 27.2 Å². The first-order chi connectivity index (χ1) is 11.2. The number of aliphatic hydroxyl groups is 1. The van der Waals surface area contributed by atoms with Crippen LogP contribution in [0.1, 0.15) is 78.1 Å². The van der Waals surface area contributed by atoms with E-state index in [1.165, 1.54) is 58.3 Å². The standard InChI is InChI=1S/C17H38NO5P/c1-5-6-7-8-9-10-11-12-13-14-15-18(3,4)23-24(20,21)22-16-17(2)19/h17,19H,5-16H2,1-4H3/p+1. The number of aliphatic hydroxyl groups excluding tert-OH is 1. The number of hydrogen-bond acceptors (Lipinski definition) is 4. The second-order valence-corrected chi connectivity index (χ2v) is 8.53. The number of hydrogen-bond donors (Lipinski definition) is 2. The molecule has 2 N–H and O–H groups in total. The highest BCUT2D eigenvalue weighted by Crippen LogP contribution is 2.45. The largest absolute Gasteiger partial charge is 0.518 e. The zero-order valence-corrected chi connectivity index (χ0v) is 17.0. The third-order valence-corrected chi connectivity index (χ3v) is 4.98. The lowest BCUT2D eigenvalue weighted by Crippen LogP contribution is -2.39. The average molecular weight is 368 g/mol. The van der Waals surface area contributed by atoms with E-state index in [1.54, 1.807) is 14.1 Å². The Morgan fingerprint density at radius 1 is 0.958 bits per heavy atom. The molecule has 0 heterocycles. The summed E-state index contributed by atoms with van der Waals surface area (Å²) in [7, 11) is -0.659. The van der Waals surface area contributed by atoms with E-state index in [0.29, 0.717) is 6.54 Å². The molecule has 0 saturated carbocycles. The summed E-state index contributed by atoms with van der Waals surface area (Å²) in [6.45, 7) is 4.16. The van der Waals surface area contributed by atoms with Crippen molar-refractivity contribution in [2.45, 2.75) is 84.2 Å². The number of rotatable bonds is 16. The molecule has 0 aliphatic rings. The molecule has 146 valence electrons. The maximum atomic E-state index is 11.8. The summed E-state index contributed by atoms with van der Waals surface area (Å²) in [5.74, 6) is 0. The van der Waals surface area contributed by atoms with E-state index in [1.807, 2.05) is 0 Å². The van der Waals surface area contributed by atoms with Crippen LogP contribution in [0.2, 0.25) is 0 Å². The molecule has 0 aromatic heterocycles. The zero-order chi connectivity index (χ0) is 18.5. The van der Waals surface area contributed by atoms with Gasteiger partial charge in [-0.2, -0.15) is 4.65 Å². The van der Waals surface area contributed by atoms with E-state index in [9.17, 15) is 9.46 Å². The van der Waals surface area contributed by atoms with Gasteiger partial charge in [-0.25, -0.2) is 4.57 Å². The number of phosphoric acid groups is 1. The van der Waals surface area contributed by atoms with E-state index in [4.69, 9.17) is 14.3 Å². The molecule has 0 aliphatic carbocycles. The minimum absolute atomic E-state index is 0.0232. The molecule has 0 radical (unpaired) electrons. The van der Waals surface area contributed by atoms with Crippen molar-refractivity contribution in [1.29, 1.82) is 0 Å². The Hall–Kier alpha value is 0.0300. The van der Waals surface area contributed by atoms with Crippen LogP contribution >= 0.6 is 7.82 Å². The van der Waals surface area contributed by atoms with E-state index >= 15 is 0 Å². The smallest absolute Gasteiger partial charge is 0.391 e. The summed E-state index contributed by atoms with van der Waals surface area (Å²) in [4.78, 5) is 9.64. The average Bonchev–Trinajstić information content (AvgIpc) is 2.46. The van der Waals surface area contributed by atoms with Gasteiger partial charge in [-0.05, 0) is 19.8 Å². The molecule has 2 unspecified atom stereocenters. The van der Waals surface area contributed by atoms with Crippen molar-refractivity contribution in [3.05, 3.63) is 0 Å². The Balaban J connectivity index is 3.71. The first-order valence-corrected chi connectivity index (χ1v) is 10.9. The summed E-state index contributed by atoms with van der Waals surface area (Å²) in [6.07, 6.45) is 11.7. The lowest BCUT2D eigenvalue weighted by molar-refractivity contribution is -1.05. The third kappa shape index (κ3) is 15.6. The Bertz CT molecular complexity index is 350. The summed E-state index contributed by atoms with van der Waals surface area (Å²) in [5, 5.41) is 9.10. The molecule has 0 fully saturated rings. The molecule has 0 aromatic carbocycles. The number of phosphoric ester groups is 1. The van der Waals surface area contributed by atoms with Gasteiger partial charge in [0.25, 0.3) is 0 Å². The van der Waals surface area contributed by atoms with Crippen LogP contribution in [0, 0.1) is 0 Å². The van der Waals surface area contributed by atoms with E-state index in [2.05, 4.69) is 6.92 Å². The van der Waals surface area contributed by atoms with Crippen molar-refractivity contribution in [2.24, 2.45) is 0 Å². The van der Waals surface area contributed by atoms with Crippen LogP contribution < -0.4 is 0 Å². The van der Waals surface area contributed by atoms with Gasteiger partial charge in [-0.3, -0.25) is 9.42 Å². The normalized spacial score (nSPS) is 16.1. The minimum atomic E-state index is -4.14. The van der Waals surface area contributed by atoms with Gasteiger partial charge in [0, 0.05) is 0 Å². The number of quaternary nitrogens is 1. The van der Waals surface area contributed by atoms with Crippen LogP contribution in [0.5, 0.6) is 0 Å². The lowest BCUT2D eigenvalue weighted by atomic mass is 10.1. The molecular formula is C17H39NO5P+. The van der Waals surface area contributed by atoms with Crippen molar-refractivity contribution >= 4 is 7.82 Å². The molecule has 0 spiro atoms. The first kappa shape index (κ1) is 24.0. The molecule has 0 aliphatic heterocycles. The molecule has 7 heteroatoms. The van der Waals surface area contributed by atoms with E-state index < -0.39 is 13.9 Å². The summed E-state index contributed by atoms with van der Waals surface area (Å²) >= 11 is 0. The highest BCUT2D eigenvalue weighted by Gasteiger charge is 2.33. The number of nitrogens with zero attached hydrogens (tertiary/aromatic N) is 1. The summed E-state index contributed by atoms with van der Waals surface area (Å²) in [6, 6.07) is 0. The van der Waals surface area contributed by atoms with Crippen LogP contribution in [0.15, 0.2) is 0 Å². The van der Waals surface area contributed by atoms with Gasteiger partial charge in [0.1, 0.15) is 6.54 Å². The molecule has 0 saturated heterocycles. The van der Waals surface area contributed by atoms with Crippen LogP contribution in [0.25, 0.3) is 0 Å². The summed E-state index contributed by atoms with van der Waals surface area (Å²) in [5.41, 5.74) is 0.